The lowest BCUT2D eigenvalue weighted by Crippen LogP contribution is -2.63. The van der Waals surface area contributed by atoms with Crippen LogP contribution < -0.4 is 5.32 Å². The summed E-state index contributed by atoms with van der Waals surface area (Å²) in [5.74, 6) is 5.02. The van der Waals surface area contributed by atoms with Crippen molar-refractivity contribution in [1.82, 2.24) is 15.1 Å². The van der Waals surface area contributed by atoms with Crippen LogP contribution in [0.3, 0.4) is 0 Å². The first-order chi connectivity index (χ1) is 10.7. The normalized spacial score (nSPS) is 33.3. The van der Waals surface area contributed by atoms with E-state index in [1.807, 2.05) is 26.8 Å². The maximum Gasteiger partial charge on any atom is 0.324 e. The van der Waals surface area contributed by atoms with Crippen molar-refractivity contribution in [1.29, 1.82) is 0 Å². The highest BCUT2D eigenvalue weighted by atomic mass is 16.2. The van der Waals surface area contributed by atoms with Gasteiger partial charge in [0.2, 0.25) is 5.91 Å². The van der Waals surface area contributed by atoms with Crippen LogP contribution in [-0.2, 0) is 9.59 Å². The Morgan fingerprint density at radius 1 is 1.30 bits per heavy atom. The van der Waals surface area contributed by atoms with Gasteiger partial charge in [-0.15, -0.1) is 0 Å². The molecule has 4 amide bonds. The molecule has 0 aromatic rings. The second-order valence-corrected chi connectivity index (χ2v) is 6.54. The summed E-state index contributed by atoms with van der Waals surface area (Å²) in [4.78, 5) is 39.2. The number of nitrogens with one attached hydrogen (secondary N) is 1. The lowest BCUT2D eigenvalue weighted by Gasteiger charge is -2.45. The van der Waals surface area contributed by atoms with Crippen molar-refractivity contribution in [3.63, 3.8) is 0 Å². The molecule has 2 aliphatic rings. The number of allylic oxidation sites excluding steroid dienone is 1. The van der Waals surface area contributed by atoms with Crippen LogP contribution in [-0.4, -0.2) is 54.3 Å². The molecule has 0 aromatic carbocycles. The Hall–Kier alpha value is -2.29. The quantitative estimate of drug-likeness (QED) is 0.772. The minimum atomic E-state index is -0.739. The molecule has 0 spiro atoms. The van der Waals surface area contributed by atoms with E-state index in [0.717, 1.165) is 5.57 Å². The summed E-state index contributed by atoms with van der Waals surface area (Å²) in [5.41, 5.74) is 0.126. The number of imide groups is 1. The number of carbonyl (C=O) groups excluding carboxylic acids is 3. The SMILES string of the molecule is C/C=C1/C#CC(=O)N(C)CC1CC1(C)C(=O)NC(=O)N(C)[C@H]1C. The third-order valence-electron chi connectivity index (χ3n) is 5.14. The minimum absolute atomic E-state index is 0.0382. The summed E-state index contributed by atoms with van der Waals surface area (Å²) in [6.07, 6.45) is 2.41. The highest BCUT2D eigenvalue weighted by Gasteiger charge is 2.48. The molecule has 2 heterocycles. The van der Waals surface area contributed by atoms with Gasteiger partial charge >= 0.3 is 6.03 Å². The largest absolute Gasteiger partial charge is 0.334 e. The third kappa shape index (κ3) is 2.96. The average Bonchev–Trinajstić information content (AvgIpc) is 2.63. The maximum absolute atomic E-state index is 12.5. The zero-order valence-corrected chi connectivity index (χ0v) is 14.3. The Morgan fingerprint density at radius 2 is 1.96 bits per heavy atom. The van der Waals surface area contributed by atoms with Crippen LogP contribution in [0, 0.1) is 23.2 Å². The van der Waals surface area contributed by atoms with Crippen molar-refractivity contribution >= 4 is 17.8 Å². The van der Waals surface area contributed by atoms with Gasteiger partial charge in [0, 0.05) is 44.1 Å². The number of urea groups is 1. The molecular weight excluding hydrogens is 294 g/mol. The lowest BCUT2D eigenvalue weighted by atomic mass is 9.71. The van der Waals surface area contributed by atoms with E-state index in [9.17, 15) is 14.4 Å². The highest BCUT2D eigenvalue weighted by Crippen LogP contribution is 2.38. The fourth-order valence-electron chi connectivity index (χ4n) is 3.21. The zero-order valence-electron chi connectivity index (χ0n) is 14.3. The number of carbonyl (C=O) groups is 3. The molecule has 0 aromatic heterocycles. The van der Waals surface area contributed by atoms with E-state index < -0.39 is 5.41 Å². The number of hydrogen-bond acceptors (Lipinski definition) is 3. The molecule has 2 unspecified atom stereocenters. The molecule has 0 radical (unpaired) electrons. The van der Waals surface area contributed by atoms with Gasteiger partial charge in [0.15, 0.2) is 0 Å². The number of hydrogen-bond donors (Lipinski definition) is 1. The predicted octanol–water partition coefficient (Wildman–Crippen LogP) is 0.991. The van der Waals surface area contributed by atoms with Gasteiger partial charge in [0.05, 0.1) is 5.41 Å². The van der Waals surface area contributed by atoms with E-state index in [1.165, 1.54) is 0 Å². The molecule has 0 bridgehead atoms. The van der Waals surface area contributed by atoms with Crippen LogP contribution in [0.2, 0.25) is 0 Å². The summed E-state index contributed by atoms with van der Waals surface area (Å²) in [6.45, 7) is 6.12. The van der Waals surface area contributed by atoms with Gasteiger partial charge in [-0.3, -0.25) is 14.9 Å². The van der Waals surface area contributed by atoms with Crippen molar-refractivity contribution in [2.45, 2.75) is 33.2 Å². The van der Waals surface area contributed by atoms with Gasteiger partial charge in [0.25, 0.3) is 5.91 Å². The molecule has 2 aliphatic heterocycles. The van der Waals surface area contributed by atoms with Crippen LogP contribution in [0.25, 0.3) is 0 Å². The summed E-state index contributed by atoms with van der Waals surface area (Å²) in [7, 11) is 3.40. The average molecular weight is 317 g/mol. The summed E-state index contributed by atoms with van der Waals surface area (Å²) < 4.78 is 0. The van der Waals surface area contributed by atoms with Crippen molar-refractivity contribution in [2.24, 2.45) is 11.3 Å². The van der Waals surface area contributed by atoms with Gasteiger partial charge in [-0.2, -0.15) is 0 Å². The van der Waals surface area contributed by atoms with Gasteiger partial charge in [0.1, 0.15) is 0 Å². The minimum Gasteiger partial charge on any atom is -0.334 e. The first-order valence-corrected chi connectivity index (χ1v) is 7.72. The van der Waals surface area contributed by atoms with E-state index in [-0.39, 0.29) is 29.8 Å². The molecule has 1 N–H and O–H groups in total. The Morgan fingerprint density at radius 3 is 2.57 bits per heavy atom. The van der Waals surface area contributed by atoms with Crippen molar-refractivity contribution in [3.05, 3.63) is 11.6 Å². The van der Waals surface area contributed by atoms with Gasteiger partial charge < -0.3 is 9.80 Å². The second kappa shape index (κ2) is 6.07. The number of rotatable bonds is 2. The first kappa shape index (κ1) is 17.1. The predicted molar refractivity (Wildman–Crippen MR) is 86.1 cm³/mol. The third-order valence-corrected chi connectivity index (χ3v) is 5.14. The molecule has 124 valence electrons. The van der Waals surface area contributed by atoms with Crippen LogP contribution in [0.4, 0.5) is 4.79 Å². The molecule has 0 aliphatic carbocycles. The van der Waals surface area contributed by atoms with E-state index >= 15 is 0 Å². The Bertz CT molecular complexity index is 643. The molecule has 3 atom stereocenters. The highest BCUT2D eigenvalue weighted by molar-refractivity contribution is 6.00. The fourth-order valence-corrected chi connectivity index (χ4v) is 3.21. The molecule has 6 heteroatoms. The van der Waals surface area contributed by atoms with Crippen LogP contribution >= 0.6 is 0 Å². The van der Waals surface area contributed by atoms with Gasteiger partial charge in [-0.05, 0) is 27.2 Å². The van der Waals surface area contributed by atoms with E-state index in [0.29, 0.717) is 13.0 Å². The molecule has 1 fully saturated rings. The molecule has 2 rings (SSSR count). The maximum atomic E-state index is 12.5. The molecular formula is C17H23N3O3. The Kier molecular flexibility index (Phi) is 4.51. The standard InChI is InChI=1S/C17H23N3O3/c1-6-12-7-8-14(21)19(4)10-13(12)9-17(3)11(2)20(5)16(23)18-15(17)22/h6,11,13H,9-10H2,1-5H3,(H,18,22,23)/b12-6-/t11-,13?,17?/m0/s1. The smallest absolute Gasteiger partial charge is 0.324 e. The van der Waals surface area contributed by atoms with Gasteiger partial charge in [-0.25, -0.2) is 4.79 Å². The van der Waals surface area contributed by atoms with Crippen LogP contribution in [0.1, 0.15) is 27.2 Å². The van der Waals surface area contributed by atoms with E-state index in [2.05, 4.69) is 17.2 Å². The summed E-state index contributed by atoms with van der Waals surface area (Å²) in [6, 6.07) is -0.613. The topological polar surface area (TPSA) is 69.7 Å². The first-order valence-electron chi connectivity index (χ1n) is 7.72. The zero-order chi connectivity index (χ0) is 17.4. The second-order valence-electron chi connectivity index (χ2n) is 6.54. The number of amides is 4. The molecule has 0 saturated carbocycles. The van der Waals surface area contributed by atoms with Crippen molar-refractivity contribution in [2.75, 3.05) is 20.6 Å². The Labute approximate surface area is 136 Å². The summed E-state index contributed by atoms with van der Waals surface area (Å²) in [5, 5.41) is 2.42. The fraction of sp³-hybridized carbons (Fsp3) is 0.588. The molecule has 6 nitrogen and oxygen atoms in total. The lowest BCUT2D eigenvalue weighted by molar-refractivity contribution is -0.135. The summed E-state index contributed by atoms with van der Waals surface area (Å²) >= 11 is 0. The monoisotopic (exact) mass is 317 g/mol. The van der Waals surface area contributed by atoms with E-state index in [1.54, 1.807) is 23.9 Å². The van der Waals surface area contributed by atoms with Gasteiger partial charge in [-0.1, -0.05) is 12.0 Å². The Balaban J connectivity index is 2.32. The molecule has 1 saturated heterocycles. The van der Waals surface area contributed by atoms with E-state index in [4.69, 9.17) is 0 Å². The molecule has 23 heavy (non-hydrogen) atoms. The van der Waals surface area contributed by atoms with Crippen molar-refractivity contribution in [3.8, 4) is 11.8 Å². The number of nitrogens with zero attached hydrogens (tertiary/aromatic N) is 2. The van der Waals surface area contributed by atoms with Crippen molar-refractivity contribution < 1.29 is 14.4 Å². The van der Waals surface area contributed by atoms with Crippen LogP contribution in [0.5, 0.6) is 0 Å². The van der Waals surface area contributed by atoms with Crippen LogP contribution in [0.15, 0.2) is 11.6 Å².